The normalized spacial score (nSPS) is 11.0. The van der Waals surface area contributed by atoms with E-state index in [1.807, 2.05) is 6.92 Å². The highest BCUT2D eigenvalue weighted by atomic mass is 35.5. The number of hydrogen-bond acceptors (Lipinski definition) is 5. The van der Waals surface area contributed by atoms with Crippen LogP contribution in [0.4, 0.5) is 16.2 Å². The van der Waals surface area contributed by atoms with Gasteiger partial charge in [0.2, 0.25) is 0 Å². The smallest absolute Gasteiger partial charge is 0.412 e. The maximum absolute atomic E-state index is 11.9. The van der Waals surface area contributed by atoms with Gasteiger partial charge in [-0.15, -0.1) is 0 Å². The van der Waals surface area contributed by atoms with E-state index in [0.29, 0.717) is 10.8 Å². The number of halogens is 1. The Labute approximate surface area is 156 Å². The summed E-state index contributed by atoms with van der Waals surface area (Å²) in [6.07, 6.45) is -0.716. The van der Waals surface area contributed by atoms with Gasteiger partial charge < -0.3 is 9.47 Å². The van der Waals surface area contributed by atoms with E-state index < -0.39 is 16.6 Å². The predicted molar refractivity (Wildman–Crippen MR) is 99.2 cm³/mol. The van der Waals surface area contributed by atoms with E-state index in [9.17, 15) is 14.9 Å². The number of carbonyl (C=O) groups is 1. The zero-order chi connectivity index (χ0) is 19.5. The zero-order valence-electron chi connectivity index (χ0n) is 14.8. The van der Waals surface area contributed by atoms with Gasteiger partial charge in [0.25, 0.3) is 5.69 Å². The van der Waals surface area contributed by atoms with Crippen LogP contribution in [-0.4, -0.2) is 16.6 Å². The van der Waals surface area contributed by atoms with Gasteiger partial charge in [-0.25, -0.2) is 4.79 Å². The minimum Gasteiger partial charge on any atom is -0.457 e. The maximum atomic E-state index is 11.9. The number of nitro benzene ring substituents is 1. The number of hydrogen-bond donors (Lipinski definition) is 1. The lowest BCUT2D eigenvalue weighted by molar-refractivity contribution is -0.384. The molecule has 0 aliphatic carbocycles. The first-order valence-electron chi connectivity index (χ1n) is 7.77. The van der Waals surface area contributed by atoms with E-state index in [-0.39, 0.29) is 17.1 Å². The van der Waals surface area contributed by atoms with Gasteiger partial charge in [0, 0.05) is 17.2 Å². The number of carbonyl (C=O) groups excluding carboxylic acids is 1. The molecule has 0 aliphatic heterocycles. The summed E-state index contributed by atoms with van der Waals surface area (Å²) in [4.78, 5) is 22.5. The van der Waals surface area contributed by atoms with Crippen LogP contribution < -0.4 is 10.1 Å². The number of anilines is 1. The Hall–Kier alpha value is -2.80. The quantitative estimate of drug-likeness (QED) is 0.544. The van der Waals surface area contributed by atoms with Crippen molar-refractivity contribution in [3.8, 4) is 11.5 Å². The summed E-state index contributed by atoms with van der Waals surface area (Å²) in [5.74, 6) is 0.669. The molecule has 2 rings (SSSR count). The molecule has 0 radical (unpaired) electrons. The second-order valence-electron chi connectivity index (χ2n) is 6.61. The standard InChI is InChI=1S/C18H19ClN2O5/c1-11-7-14(5-6-16(11)19)25-15-9-12(8-13(10-15)21(23)24)20-17(22)26-18(2,3)4/h5-10H,1-4H3,(H,20,22). The van der Waals surface area contributed by atoms with Gasteiger partial charge in [0.1, 0.15) is 17.1 Å². The molecule has 7 nitrogen and oxygen atoms in total. The van der Waals surface area contributed by atoms with Crippen molar-refractivity contribution in [1.82, 2.24) is 0 Å². The molecule has 0 aromatic heterocycles. The molecule has 0 unspecified atom stereocenters. The average molecular weight is 379 g/mol. The Balaban J connectivity index is 2.28. The number of ether oxygens (including phenoxy) is 2. The van der Waals surface area contributed by atoms with Crippen molar-refractivity contribution in [2.75, 3.05) is 5.32 Å². The van der Waals surface area contributed by atoms with Crippen LogP contribution in [0, 0.1) is 17.0 Å². The fourth-order valence-corrected chi connectivity index (χ4v) is 2.18. The van der Waals surface area contributed by atoms with Crippen LogP contribution in [0.1, 0.15) is 26.3 Å². The molecule has 0 heterocycles. The van der Waals surface area contributed by atoms with E-state index in [1.165, 1.54) is 18.2 Å². The van der Waals surface area contributed by atoms with Crippen molar-refractivity contribution >= 4 is 29.1 Å². The largest absolute Gasteiger partial charge is 0.457 e. The third-order valence-corrected chi connectivity index (χ3v) is 3.54. The molecular weight excluding hydrogens is 360 g/mol. The Morgan fingerprint density at radius 3 is 2.42 bits per heavy atom. The van der Waals surface area contributed by atoms with Crippen LogP contribution in [0.25, 0.3) is 0 Å². The number of nitrogens with zero attached hydrogens (tertiary/aromatic N) is 1. The van der Waals surface area contributed by atoms with Gasteiger partial charge in [-0.3, -0.25) is 15.4 Å². The summed E-state index contributed by atoms with van der Waals surface area (Å²) >= 11 is 5.98. The molecule has 0 saturated heterocycles. The van der Waals surface area contributed by atoms with Gasteiger partial charge in [-0.05, 0) is 51.5 Å². The Morgan fingerprint density at radius 1 is 1.15 bits per heavy atom. The molecule has 0 atom stereocenters. The van der Waals surface area contributed by atoms with Gasteiger partial charge >= 0.3 is 6.09 Å². The molecule has 0 spiro atoms. The third kappa shape index (κ3) is 5.63. The van der Waals surface area contributed by atoms with Crippen molar-refractivity contribution in [3.63, 3.8) is 0 Å². The fourth-order valence-electron chi connectivity index (χ4n) is 2.06. The number of benzene rings is 2. The predicted octanol–water partition coefficient (Wildman–Crippen LogP) is 5.70. The second-order valence-corrected chi connectivity index (χ2v) is 7.02. The third-order valence-electron chi connectivity index (χ3n) is 3.11. The van der Waals surface area contributed by atoms with Crippen LogP contribution in [0.2, 0.25) is 5.02 Å². The molecule has 8 heteroatoms. The minimum absolute atomic E-state index is 0.189. The van der Waals surface area contributed by atoms with Crippen LogP contribution in [0.15, 0.2) is 36.4 Å². The molecule has 138 valence electrons. The summed E-state index contributed by atoms with van der Waals surface area (Å²) in [7, 11) is 0. The van der Waals surface area contributed by atoms with E-state index in [4.69, 9.17) is 21.1 Å². The molecule has 0 fully saturated rings. The highest BCUT2D eigenvalue weighted by Crippen LogP contribution is 2.31. The van der Waals surface area contributed by atoms with Crippen LogP contribution in [-0.2, 0) is 4.74 Å². The lowest BCUT2D eigenvalue weighted by Crippen LogP contribution is -2.27. The number of amides is 1. The summed E-state index contributed by atoms with van der Waals surface area (Å²) in [6, 6.07) is 9.00. The van der Waals surface area contributed by atoms with E-state index >= 15 is 0 Å². The van der Waals surface area contributed by atoms with Crippen LogP contribution in [0.3, 0.4) is 0 Å². The van der Waals surface area contributed by atoms with Gasteiger partial charge in [0.05, 0.1) is 16.7 Å². The first-order chi connectivity index (χ1) is 12.0. The SMILES string of the molecule is Cc1cc(Oc2cc(NC(=O)OC(C)(C)C)cc([N+](=O)[O-])c2)ccc1Cl. The van der Waals surface area contributed by atoms with Gasteiger partial charge in [-0.1, -0.05) is 11.6 Å². The van der Waals surface area contributed by atoms with E-state index in [1.54, 1.807) is 39.0 Å². The number of aryl methyl sites for hydroxylation is 1. The maximum Gasteiger partial charge on any atom is 0.412 e. The lowest BCUT2D eigenvalue weighted by atomic mass is 10.2. The Morgan fingerprint density at radius 2 is 1.85 bits per heavy atom. The fraction of sp³-hybridized carbons (Fsp3) is 0.278. The summed E-state index contributed by atoms with van der Waals surface area (Å²) < 4.78 is 10.8. The number of non-ortho nitro benzene ring substituents is 1. The average Bonchev–Trinajstić information content (AvgIpc) is 2.48. The van der Waals surface area contributed by atoms with Crippen molar-refractivity contribution in [2.45, 2.75) is 33.3 Å². The summed E-state index contributed by atoms with van der Waals surface area (Å²) in [5.41, 5.74) is 0.0837. The van der Waals surface area contributed by atoms with Crippen molar-refractivity contribution < 1.29 is 19.2 Å². The Bertz CT molecular complexity index is 846. The molecule has 2 aromatic carbocycles. The van der Waals surface area contributed by atoms with Crippen molar-refractivity contribution in [3.05, 3.63) is 57.1 Å². The molecule has 1 N–H and O–H groups in total. The molecular formula is C18H19ClN2O5. The number of nitro groups is 1. The van der Waals surface area contributed by atoms with Crippen LogP contribution >= 0.6 is 11.6 Å². The number of rotatable bonds is 4. The minimum atomic E-state index is -0.716. The summed E-state index contributed by atoms with van der Waals surface area (Å²) in [5, 5.41) is 14.2. The number of nitrogens with one attached hydrogen (secondary N) is 1. The summed E-state index contributed by atoms with van der Waals surface area (Å²) in [6.45, 7) is 6.98. The molecule has 26 heavy (non-hydrogen) atoms. The van der Waals surface area contributed by atoms with Crippen molar-refractivity contribution in [2.24, 2.45) is 0 Å². The first-order valence-corrected chi connectivity index (χ1v) is 8.15. The first kappa shape index (κ1) is 19.5. The highest BCUT2D eigenvalue weighted by Gasteiger charge is 2.18. The second kappa shape index (κ2) is 7.61. The lowest BCUT2D eigenvalue weighted by Gasteiger charge is -2.19. The highest BCUT2D eigenvalue weighted by molar-refractivity contribution is 6.31. The van der Waals surface area contributed by atoms with Gasteiger partial charge in [0.15, 0.2) is 0 Å². The van der Waals surface area contributed by atoms with E-state index in [0.717, 1.165) is 5.56 Å². The van der Waals surface area contributed by atoms with Crippen molar-refractivity contribution in [1.29, 1.82) is 0 Å². The zero-order valence-corrected chi connectivity index (χ0v) is 15.6. The Kier molecular flexibility index (Phi) is 5.72. The molecule has 1 amide bonds. The van der Waals surface area contributed by atoms with E-state index in [2.05, 4.69) is 5.32 Å². The monoisotopic (exact) mass is 378 g/mol. The van der Waals surface area contributed by atoms with Crippen LogP contribution in [0.5, 0.6) is 11.5 Å². The molecule has 0 aliphatic rings. The topological polar surface area (TPSA) is 90.7 Å². The molecule has 0 saturated carbocycles. The molecule has 2 aromatic rings. The van der Waals surface area contributed by atoms with Gasteiger partial charge in [-0.2, -0.15) is 0 Å². The molecule has 0 bridgehead atoms.